The number of hydrogen-bond acceptors (Lipinski definition) is 2. The average molecular weight is 389 g/mol. The summed E-state index contributed by atoms with van der Waals surface area (Å²) in [4.78, 5) is 23.7. The lowest BCUT2D eigenvalue weighted by molar-refractivity contribution is -0.172. The van der Waals surface area contributed by atoms with Gasteiger partial charge in [-0.15, -0.1) is 0 Å². The van der Waals surface area contributed by atoms with Crippen LogP contribution in [0, 0.1) is 5.41 Å². The smallest absolute Gasteiger partial charge is 0.299 e. The third-order valence-electron chi connectivity index (χ3n) is 5.00. The Morgan fingerprint density at radius 1 is 1.26 bits per heavy atom. The highest BCUT2D eigenvalue weighted by Gasteiger charge is 2.54. The highest BCUT2D eigenvalue weighted by molar-refractivity contribution is 9.10. The van der Waals surface area contributed by atoms with E-state index in [4.69, 9.17) is 0 Å². The molecule has 3 rings (SSSR count). The number of halogens is 4. The third kappa shape index (κ3) is 3.37. The van der Waals surface area contributed by atoms with Crippen LogP contribution in [-0.2, 0) is 16.0 Å². The van der Waals surface area contributed by atoms with Gasteiger partial charge in [-0.05, 0) is 54.9 Å². The van der Waals surface area contributed by atoms with E-state index >= 15 is 0 Å². The number of ketones is 2. The van der Waals surface area contributed by atoms with Gasteiger partial charge in [0.15, 0.2) is 0 Å². The van der Waals surface area contributed by atoms with Crippen LogP contribution in [0.4, 0.5) is 13.2 Å². The van der Waals surface area contributed by atoms with Gasteiger partial charge in [0, 0.05) is 22.7 Å². The highest BCUT2D eigenvalue weighted by atomic mass is 79.9. The summed E-state index contributed by atoms with van der Waals surface area (Å²) in [6, 6.07) is 5.92. The lowest BCUT2D eigenvalue weighted by atomic mass is 9.86. The zero-order valence-electron chi connectivity index (χ0n) is 12.4. The summed E-state index contributed by atoms with van der Waals surface area (Å²) in [5, 5.41) is 0. The summed E-state index contributed by atoms with van der Waals surface area (Å²) in [6.45, 7) is 0. The monoisotopic (exact) mass is 388 g/mol. The van der Waals surface area contributed by atoms with Crippen molar-refractivity contribution in [3.8, 4) is 0 Å². The largest absolute Gasteiger partial charge is 0.450 e. The van der Waals surface area contributed by atoms with Crippen LogP contribution in [0.2, 0.25) is 0 Å². The Balaban J connectivity index is 1.68. The molecule has 0 radical (unpaired) electrons. The van der Waals surface area contributed by atoms with E-state index in [1.165, 1.54) is 5.56 Å². The summed E-state index contributed by atoms with van der Waals surface area (Å²) in [6.07, 6.45) is -2.79. The average Bonchev–Trinajstić information content (AvgIpc) is 3.14. The number of benzene rings is 1. The van der Waals surface area contributed by atoms with Gasteiger partial charge in [0.05, 0.1) is 0 Å². The van der Waals surface area contributed by atoms with Gasteiger partial charge >= 0.3 is 6.18 Å². The van der Waals surface area contributed by atoms with Gasteiger partial charge in [-0.2, -0.15) is 13.2 Å². The van der Waals surface area contributed by atoms with Crippen molar-refractivity contribution in [2.75, 3.05) is 0 Å². The fourth-order valence-corrected chi connectivity index (χ4v) is 3.85. The first-order chi connectivity index (χ1) is 10.7. The molecule has 0 saturated heterocycles. The van der Waals surface area contributed by atoms with Crippen LogP contribution in [0.3, 0.4) is 0 Å². The van der Waals surface area contributed by atoms with Crippen LogP contribution in [0.5, 0.6) is 0 Å². The molecule has 6 heteroatoms. The lowest BCUT2D eigenvalue weighted by Crippen LogP contribution is -2.29. The predicted octanol–water partition coefficient (Wildman–Crippen LogP) is 4.74. The molecule has 0 amide bonds. The molecule has 2 nitrogen and oxygen atoms in total. The molecule has 0 aliphatic heterocycles. The predicted molar refractivity (Wildman–Crippen MR) is 82.2 cm³/mol. The standard InChI is InChI=1S/C17H16BrF3O2/c18-12-3-4-13-10(7-12)1-2-11(13)8-14(22)16(5-6-16)9-15(23)17(19,20)21/h3-4,7,11H,1-2,5-6,8-9H2. The first kappa shape index (κ1) is 16.7. The SMILES string of the molecule is O=C(CC1(C(=O)CC2CCc3cc(Br)ccc32)CC1)C(F)(F)F. The Bertz CT molecular complexity index is 662. The van der Waals surface area contributed by atoms with E-state index < -0.39 is 23.8 Å². The van der Waals surface area contributed by atoms with Crippen molar-refractivity contribution in [1.29, 1.82) is 0 Å². The number of carbonyl (C=O) groups excluding carboxylic acids is 2. The highest BCUT2D eigenvalue weighted by Crippen LogP contribution is 2.53. The van der Waals surface area contributed by atoms with Crippen LogP contribution >= 0.6 is 15.9 Å². The second-order valence-electron chi connectivity index (χ2n) is 6.58. The van der Waals surface area contributed by atoms with Crippen LogP contribution in [0.15, 0.2) is 22.7 Å². The quantitative estimate of drug-likeness (QED) is 0.729. The minimum atomic E-state index is -4.85. The van der Waals surface area contributed by atoms with Crippen LogP contribution in [0.1, 0.15) is 49.1 Å². The molecule has 0 heterocycles. The van der Waals surface area contributed by atoms with Gasteiger partial charge in [0.2, 0.25) is 5.78 Å². The first-order valence-corrected chi connectivity index (χ1v) is 8.42. The maximum atomic E-state index is 12.5. The molecule has 124 valence electrons. The molecule has 0 bridgehead atoms. The molecule has 0 spiro atoms. The number of hydrogen-bond donors (Lipinski definition) is 0. The van der Waals surface area contributed by atoms with E-state index in [-0.39, 0.29) is 18.1 Å². The third-order valence-corrected chi connectivity index (χ3v) is 5.49. The fourth-order valence-electron chi connectivity index (χ4n) is 3.44. The van der Waals surface area contributed by atoms with Crippen LogP contribution in [0.25, 0.3) is 0 Å². The number of carbonyl (C=O) groups is 2. The molecular weight excluding hydrogens is 373 g/mol. The molecule has 1 atom stereocenters. The van der Waals surface area contributed by atoms with Crippen molar-refractivity contribution < 1.29 is 22.8 Å². The molecule has 1 saturated carbocycles. The van der Waals surface area contributed by atoms with Gasteiger partial charge in [0.1, 0.15) is 5.78 Å². The van der Waals surface area contributed by atoms with Crippen LogP contribution < -0.4 is 0 Å². The summed E-state index contributed by atoms with van der Waals surface area (Å²) >= 11 is 3.41. The van der Waals surface area contributed by atoms with E-state index in [0.717, 1.165) is 22.9 Å². The minimum absolute atomic E-state index is 0.0593. The number of fused-ring (bicyclic) bond motifs is 1. The summed E-state index contributed by atoms with van der Waals surface area (Å²) in [7, 11) is 0. The first-order valence-electron chi connectivity index (χ1n) is 7.63. The van der Waals surface area contributed by atoms with Crippen molar-refractivity contribution in [2.24, 2.45) is 5.41 Å². The van der Waals surface area contributed by atoms with Crippen molar-refractivity contribution in [1.82, 2.24) is 0 Å². The van der Waals surface area contributed by atoms with E-state index in [1.54, 1.807) is 0 Å². The molecule has 2 aliphatic carbocycles. The fraction of sp³-hybridized carbons (Fsp3) is 0.529. The molecule has 23 heavy (non-hydrogen) atoms. The summed E-state index contributed by atoms with van der Waals surface area (Å²) in [5.41, 5.74) is 1.25. The van der Waals surface area contributed by atoms with Gasteiger partial charge in [0.25, 0.3) is 0 Å². The molecule has 1 aromatic rings. The van der Waals surface area contributed by atoms with Gasteiger partial charge in [-0.25, -0.2) is 0 Å². The zero-order valence-corrected chi connectivity index (χ0v) is 14.0. The maximum absolute atomic E-state index is 12.5. The Labute approximate surface area is 140 Å². The zero-order chi connectivity index (χ0) is 16.8. The van der Waals surface area contributed by atoms with E-state index in [0.29, 0.717) is 12.8 Å². The van der Waals surface area contributed by atoms with Crippen molar-refractivity contribution in [2.45, 2.75) is 50.6 Å². The molecule has 2 aliphatic rings. The molecule has 1 aromatic carbocycles. The van der Waals surface area contributed by atoms with Crippen molar-refractivity contribution in [3.63, 3.8) is 0 Å². The Kier molecular flexibility index (Phi) is 4.15. The maximum Gasteiger partial charge on any atom is 0.450 e. The lowest BCUT2D eigenvalue weighted by Gasteiger charge is -2.17. The normalized spacial score (nSPS) is 21.8. The molecule has 0 aromatic heterocycles. The van der Waals surface area contributed by atoms with E-state index in [2.05, 4.69) is 15.9 Å². The van der Waals surface area contributed by atoms with Crippen molar-refractivity contribution >= 4 is 27.5 Å². The van der Waals surface area contributed by atoms with Gasteiger partial charge in [-0.1, -0.05) is 22.0 Å². The number of Topliss-reactive ketones (excluding diaryl/α,β-unsaturated/α-hetero) is 2. The summed E-state index contributed by atoms with van der Waals surface area (Å²) < 4.78 is 38.3. The second kappa shape index (κ2) is 5.72. The number of alkyl halides is 3. The summed E-state index contributed by atoms with van der Waals surface area (Å²) in [5.74, 6) is -1.90. The minimum Gasteiger partial charge on any atom is -0.299 e. The Hall–Kier alpha value is -1.17. The topological polar surface area (TPSA) is 34.1 Å². The molecule has 0 N–H and O–H groups in total. The Morgan fingerprint density at radius 3 is 2.57 bits per heavy atom. The Morgan fingerprint density at radius 2 is 1.96 bits per heavy atom. The van der Waals surface area contributed by atoms with Gasteiger partial charge in [-0.3, -0.25) is 9.59 Å². The van der Waals surface area contributed by atoms with Gasteiger partial charge < -0.3 is 0 Å². The number of aryl methyl sites for hydroxylation is 1. The van der Waals surface area contributed by atoms with E-state index in [9.17, 15) is 22.8 Å². The van der Waals surface area contributed by atoms with E-state index in [1.807, 2.05) is 18.2 Å². The second-order valence-corrected chi connectivity index (χ2v) is 7.50. The molecular formula is C17H16BrF3O2. The molecule has 1 unspecified atom stereocenters. The van der Waals surface area contributed by atoms with Crippen LogP contribution in [-0.4, -0.2) is 17.7 Å². The molecule has 1 fully saturated rings. The number of rotatable bonds is 5. The van der Waals surface area contributed by atoms with Crippen molar-refractivity contribution in [3.05, 3.63) is 33.8 Å².